The van der Waals surface area contributed by atoms with Crippen molar-refractivity contribution in [2.24, 2.45) is 5.10 Å². The number of halogens is 1. The lowest BCUT2D eigenvalue weighted by molar-refractivity contribution is 0.0987. The van der Waals surface area contributed by atoms with Crippen molar-refractivity contribution in [2.45, 2.75) is 0 Å². The minimum absolute atomic E-state index is 0.357. The Hall–Kier alpha value is -3.43. The first-order chi connectivity index (χ1) is 16.0. The summed E-state index contributed by atoms with van der Waals surface area (Å²) in [5.41, 5.74) is 1.94. The molecule has 1 aromatic heterocycles. The number of hydrazone groups is 1. The summed E-state index contributed by atoms with van der Waals surface area (Å²) in [6.45, 7) is 0. The van der Waals surface area contributed by atoms with Crippen LogP contribution in [0, 0.1) is 0 Å². The van der Waals surface area contributed by atoms with E-state index in [9.17, 15) is 4.79 Å². The SMILES string of the molecule is COc1cc(OC)cc(C(=O)N(/N=C/c2ccc(Br)cc2)c2nc3ccc(OC)cc3s2)c1. The van der Waals surface area contributed by atoms with Crippen molar-refractivity contribution in [1.82, 2.24) is 4.98 Å². The topological polar surface area (TPSA) is 73.3 Å². The number of carbonyl (C=O) groups excluding carboxylic acids is 1. The van der Waals surface area contributed by atoms with Gasteiger partial charge in [-0.15, -0.1) is 0 Å². The molecule has 7 nitrogen and oxygen atoms in total. The first-order valence-corrected chi connectivity index (χ1v) is 11.4. The van der Waals surface area contributed by atoms with Gasteiger partial charge in [0.2, 0.25) is 5.13 Å². The molecule has 0 radical (unpaired) electrons. The van der Waals surface area contributed by atoms with Crippen LogP contribution in [-0.4, -0.2) is 38.4 Å². The van der Waals surface area contributed by atoms with Crippen molar-refractivity contribution in [2.75, 3.05) is 26.3 Å². The summed E-state index contributed by atoms with van der Waals surface area (Å²) in [4.78, 5) is 18.2. The van der Waals surface area contributed by atoms with Crippen molar-refractivity contribution >= 4 is 54.7 Å². The number of carbonyl (C=O) groups is 1. The van der Waals surface area contributed by atoms with Gasteiger partial charge in [-0.2, -0.15) is 10.1 Å². The number of benzene rings is 3. The molecule has 1 heterocycles. The number of fused-ring (bicyclic) bond motifs is 1. The van der Waals surface area contributed by atoms with Crippen LogP contribution in [0.25, 0.3) is 10.2 Å². The maximum absolute atomic E-state index is 13.6. The van der Waals surface area contributed by atoms with Gasteiger partial charge in [0, 0.05) is 16.1 Å². The second-order valence-corrected chi connectivity index (χ2v) is 8.77. The third-order valence-corrected chi connectivity index (χ3v) is 6.27. The zero-order valence-corrected chi connectivity index (χ0v) is 20.5. The lowest BCUT2D eigenvalue weighted by Crippen LogP contribution is -2.25. The van der Waals surface area contributed by atoms with Crippen LogP contribution in [0.2, 0.25) is 0 Å². The second kappa shape index (κ2) is 10.0. The van der Waals surface area contributed by atoms with Gasteiger partial charge >= 0.3 is 0 Å². The van der Waals surface area contributed by atoms with Crippen molar-refractivity contribution in [3.05, 3.63) is 76.3 Å². The van der Waals surface area contributed by atoms with Gasteiger partial charge in [0.05, 0.1) is 37.8 Å². The lowest BCUT2D eigenvalue weighted by Gasteiger charge is -2.15. The zero-order chi connectivity index (χ0) is 23.4. The largest absolute Gasteiger partial charge is 0.497 e. The molecule has 0 spiro atoms. The Balaban J connectivity index is 1.78. The monoisotopic (exact) mass is 525 g/mol. The Morgan fingerprint density at radius 2 is 1.61 bits per heavy atom. The molecular formula is C24H20BrN3O4S. The Kier molecular flexibility index (Phi) is 6.90. The number of amides is 1. The molecule has 0 aliphatic heterocycles. The van der Waals surface area contributed by atoms with Crippen molar-refractivity contribution < 1.29 is 19.0 Å². The average molecular weight is 526 g/mol. The van der Waals surface area contributed by atoms with Crippen LogP contribution in [-0.2, 0) is 0 Å². The van der Waals surface area contributed by atoms with E-state index in [1.54, 1.807) is 31.5 Å². The van der Waals surface area contributed by atoms with Crippen molar-refractivity contribution in [1.29, 1.82) is 0 Å². The molecule has 3 aromatic carbocycles. The molecule has 0 bridgehead atoms. The minimum atomic E-state index is -0.369. The van der Waals surface area contributed by atoms with E-state index < -0.39 is 0 Å². The Bertz CT molecular complexity index is 1300. The van der Waals surface area contributed by atoms with Gasteiger partial charge in [0.1, 0.15) is 17.2 Å². The van der Waals surface area contributed by atoms with Gasteiger partial charge in [0.25, 0.3) is 5.91 Å². The summed E-state index contributed by atoms with van der Waals surface area (Å²) in [5.74, 6) is 1.35. The van der Waals surface area contributed by atoms with Gasteiger partial charge < -0.3 is 14.2 Å². The predicted molar refractivity (Wildman–Crippen MR) is 134 cm³/mol. The number of hydrogen-bond acceptors (Lipinski definition) is 7. The number of rotatable bonds is 7. The van der Waals surface area contributed by atoms with Crippen molar-refractivity contribution in [3.8, 4) is 17.2 Å². The third kappa shape index (κ3) is 5.15. The summed E-state index contributed by atoms with van der Waals surface area (Å²) in [6, 6.07) is 18.2. The van der Waals surface area contributed by atoms with E-state index in [1.807, 2.05) is 42.5 Å². The summed E-state index contributed by atoms with van der Waals surface area (Å²) in [7, 11) is 4.68. The molecule has 4 rings (SSSR count). The summed E-state index contributed by atoms with van der Waals surface area (Å²) in [6.07, 6.45) is 1.62. The van der Waals surface area contributed by atoms with Gasteiger partial charge in [0.15, 0.2) is 0 Å². The molecule has 0 saturated carbocycles. The number of hydrogen-bond donors (Lipinski definition) is 0. The van der Waals surface area contributed by atoms with Gasteiger partial charge in [-0.25, -0.2) is 4.98 Å². The molecule has 4 aromatic rings. The van der Waals surface area contributed by atoms with Gasteiger partial charge in [-0.3, -0.25) is 4.79 Å². The fourth-order valence-electron chi connectivity index (χ4n) is 3.03. The third-order valence-electron chi connectivity index (χ3n) is 4.75. The predicted octanol–water partition coefficient (Wildman–Crippen LogP) is 5.77. The van der Waals surface area contributed by atoms with Gasteiger partial charge in [-0.05, 0) is 48.0 Å². The van der Waals surface area contributed by atoms with E-state index in [1.165, 1.54) is 30.6 Å². The first kappa shape index (κ1) is 22.8. The van der Waals surface area contributed by atoms with E-state index in [4.69, 9.17) is 14.2 Å². The highest BCUT2D eigenvalue weighted by Crippen LogP contribution is 2.33. The Morgan fingerprint density at radius 3 is 2.24 bits per heavy atom. The highest BCUT2D eigenvalue weighted by Gasteiger charge is 2.22. The number of anilines is 1. The number of ether oxygens (including phenoxy) is 3. The fraction of sp³-hybridized carbons (Fsp3) is 0.125. The van der Waals surface area contributed by atoms with Crippen LogP contribution in [0.15, 0.2) is 70.2 Å². The highest BCUT2D eigenvalue weighted by atomic mass is 79.9. The van der Waals surface area contributed by atoms with E-state index in [2.05, 4.69) is 26.0 Å². The van der Waals surface area contributed by atoms with E-state index in [0.717, 1.165) is 20.3 Å². The summed E-state index contributed by atoms with van der Waals surface area (Å²) in [5, 5.41) is 6.21. The molecule has 33 heavy (non-hydrogen) atoms. The summed E-state index contributed by atoms with van der Waals surface area (Å²) >= 11 is 4.77. The molecular weight excluding hydrogens is 506 g/mol. The number of thiazole rings is 1. The molecule has 0 atom stereocenters. The standard InChI is InChI=1S/C24H20BrN3O4S/c1-30-18-8-9-21-22(13-18)33-24(27-21)28(26-14-15-4-6-17(25)7-5-15)23(29)16-10-19(31-2)12-20(11-16)32-3/h4-14H,1-3H3/b26-14+. The maximum atomic E-state index is 13.6. The molecule has 0 unspecified atom stereocenters. The van der Waals surface area contributed by atoms with E-state index in [-0.39, 0.29) is 5.91 Å². The molecule has 0 fully saturated rings. The van der Waals surface area contributed by atoms with Crippen molar-refractivity contribution in [3.63, 3.8) is 0 Å². The van der Waals surface area contributed by atoms with Crippen LogP contribution < -0.4 is 19.2 Å². The smallest absolute Gasteiger partial charge is 0.281 e. The highest BCUT2D eigenvalue weighted by molar-refractivity contribution is 9.10. The van der Waals surface area contributed by atoms with Crippen LogP contribution in [0.4, 0.5) is 5.13 Å². The van der Waals surface area contributed by atoms with Crippen LogP contribution in [0.3, 0.4) is 0 Å². The quantitative estimate of drug-likeness (QED) is 0.226. The van der Waals surface area contributed by atoms with Crippen LogP contribution in [0.1, 0.15) is 15.9 Å². The molecule has 0 saturated heterocycles. The normalized spacial score (nSPS) is 11.0. The number of nitrogens with zero attached hydrogens (tertiary/aromatic N) is 3. The Labute approximate surface area is 203 Å². The lowest BCUT2D eigenvalue weighted by atomic mass is 10.2. The summed E-state index contributed by atoms with van der Waals surface area (Å²) < 4.78 is 17.8. The minimum Gasteiger partial charge on any atom is -0.497 e. The average Bonchev–Trinajstić information content (AvgIpc) is 3.27. The Morgan fingerprint density at radius 1 is 0.939 bits per heavy atom. The fourth-order valence-corrected chi connectivity index (χ4v) is 4.24. The van der Waals surface area contributed by atoms with E-state index in [0.29, 0.717) is 27.9 Å². The zero-order valence-electron chi connectivity index (χ0n) is 18.1. The van der Waals surface area contributed by atoms with Crippen LogP contribution >= 0.6 is 27.3 Å². The molecule has 1 amide bonds. The number of methoxy groups -OCH3 is 3. The second-order valence-electron chi connectivity index (χ2n) is 6.84. The number of aromatic nitrogens is 1. The maximum Gasteiger partial charge on any atom is 0.281 e. The molecule has 0 aliphatic rings. The van der Waals surface area contributed by atoms with Gasteiger partial charge in [-0.1, -0.05) is 39.4 Å². The van der Waals surface area contributed by atoms with Crippen LogP contribution in [0.5, 0.6) is 17.2 Å². The molecule has 0 aliphatic carbocycles. The molecule has 168 valence electrons. The molecule has 9 heteroatoms. The molecule has 0 N–H and O–H groups in total. The first-order valence-electron chi connectivity index (χ1n) is 9.82. The van der Waals surface area contributed by atoms with E-state index >= 15 is 0 Å².